The van der Waals surface area contributed by atoms with Crippen LogP contribution in [0, 0.1) is 11.3 Å². The SMILES string of the molecule is COC(=O)c1c(-c2ccc(OCc3ccccc3C#N)c(Br)c2)nn(-c2ccccc2)c1C(=O)OC. The number of carbonyl (C=O) groups is 2. The summed E-state index contributed by atoms with van der Waals surface area (Å²) in [5, 5.41) is 13.9. The van der Waals surface area contributed by atoms with Crippen LogP contribution in [0.4, 0.5) is 0 Å². The van der Waals surface area contributed by atoms with E-state index in [0.717, 1.165) is 5.56 Å². The first kappa shape index (κ1) is 24.7. The van der Waals surface area contributed by atoms with Crippen molar-refractivity contribution in [2.45, 2.75) is 6.61 Å². The zero-order valence-electron chi connectivity index (χ0n) is 19.4. The highest BCUT2D eigenvalue weighted by molar-refractivity contribution is 9.10. The minimum Gasteiger partial charge on any atom is -0.488 e. The van der Waals surface area contributed by atoms with Gasteiger partial charge in [0.1, 0.15) is 23.6 Å². The summed E-state index contributed by atoms with van der Waals surface area (Å²) in [6.07, 6.45) is 0. The van der Waals surface area contributed by atoms with Crippen LogP contribution in [0.3, 0.4) is 0 Å². The Labute approximate surface area is 215 Å². The minimum absolute atomic E-state index is 0.0169. The summed E-state index contributed by atoms with van der Waals surface area (Å²) in [4.78, 5) is 25.6. The lowest BCUT2D eigenvalue weighted by Crippen LogP contribution is -2.15. The van der Waals surface area contributed by atoms with E-state index in [0.29, 0.717) is 27.0 Å². The van der Waals surface area contributed by atoms with Gasteiger partial charge in [-0.05, 0) is 52.3 Å². The number of benzene rings is 3. The van der Waals surface area contributed by atoms with Gasteiger partial charge in [0.2, 0.25) is 0 Å². The number of nitrogens with zero attached hydrogens (tertiary/aromatic N) is 3. The van der Waals surface area contributed by atoms with E-state index >= 15 is 0 Å². The van der Waals surface area contributed by atoms with Crippen LogP contribution in [0.1, 0.15) is 32.0 Å². The van der Waals surface area contributed by atoms with Gasteiger partial charge in [0.05, 0.1) is 36.0 Å². The second kappa shape index (κ2) is 10.9. The van der Waals surface area contributed by atoms with Crippen molar-refractivity contribution in [3.63, 3.8) is 0 Å². The van der Waals surface area contributed by atoms with Gasteiger partial charge < -0.3 is 14.2 Å². The minimum atomic E-state index is -0.729. The third-order valence-corrected chi connectivity index (χ3v) is 6.00. The number of hydrogen-bond donors (Lipinski definition) is 0. The number of halogens is 1. The lowest BCUT2D eigenvalue weighted by Gasteiger charge is -2.11. The zero-order chi connectivity index (χ0) is 25.7. The molecule has 0 aliphatic carbocycles. The smallest absolute Gasteiger partial charge is 0.357 e. The zero-order valence-corrected chi connectivity index (χ0v) is 21.0. The molecule has 0 aliphatic heterocycles. The van der Waals surface area contributed by atoms with E-state index in [9.17, 15) is 14.9 Å². The molecule has 0 bridgehead atoms. The number of rotatable bonds is 7. The quantitative estimate of drug-likeness (QED) is 0.289. The molecule has 1 heterocycles. The van der Waals surface area contributed by atoms with Crippen LogP contribution in [-0.2, 0) is 16.1 Å². The van der Waals surface area contributed by atoms with Crippen LogP contribution in [-0.4, -0.2) is 35.9 Å². The fraction of sp³-hybridized carbons (Fsp3) is 0.111. The second-order valence-electron chi connectivity index (χ2n) is 7.51. The van der Waals surface area contributed by atoms with Gasteiger partial charge in [-0.15, -0.1) is 0 Å². The molecule has 0 aliphatic rings. The number of ether oxygens (including phenoxy) is 3. The molecule has 1 aromatic heterocycles. The van der Waals surface area contributed by atoms with E-state index in [1.54, 1.807) is 54.6 Å². The Morgan fingerprint density at radius 1 is 0.972 bits per heavy atom. The Hall–Kier alpha value is -4.42. The molecule has 36 heavy (non-hydrogen) atoms. The van der Waals surface area contributed by atoms with Gasteiger partial charge in [-0.2, -0.15) is 10.4 Å². The van der Waals surface area contributed by atoms with Gasteiger partial charge in [-0.1, -0.05) is 36.4 Å². The maximum atomic E-state index is 12.8. The average molecular weight is 546 g/mol. The first-order chi connectivity index (χ1) is 17.5. The van der Waals surface area contributed by atoms with Crippen LogP contribution < -0.4 is 4.74 Å². The molecule has 0 fully saturated rings. The van der Waals surface area contributed by atoms with Crippen molar-refractivity contribution in [3.05, 3.63) is 99.7 Å². The molecular formula is C27H20BrN3O5. The molecule has 0 radical (unpaired) electrons. The third kappa shape index (κ3) is 4.85. The van der Waals surface area contributed by atoms with E-state index in [1.165, 1.54) is 18.9 Å². The normalized spacial score (nSPS) is 10.4. The highest BCUT2D eigenvalue weighted by Crippen LogP contribution is 2.34. The molecule has 0 N–H and O–H groups in total. The number of carbonyl (C=O) groups excluding carboxylic acids is 2. The molecule has 180 valence electrons. The van der Waals surface area contributed by atoms with E-state index in [4.69, 9.17) is 14.2 Å². The number of para-hydroxylation sites is 1. The summed E-state index contributed by atoms with van der Waals surface area (Å²) in [6.45, 7) is 0.199. The summed E-state index contributed by atoms with van der Waals surface area (Å²) in [7, 11) is 2.47. The molecule has 0 saturated carbocycles. The maximum absolute atomic E-state index is 12.8. The predicted octanol–water partition coefficient (Wildman–Crippen LogP) is 5.33. The predicted molar refractivity (Wildman–Crippen MR) is 135 cm³/mol. The standard InChI is InChI=1S/C27H20BrN3O5/c1-34-26(32)23-24(30-31(25(23)27(33)35-2)20-10-4-3-5-11-20)17-12-13-22(21(28)14-17)36-16-19-9-7-6-8-18(19)15-29/h3-14H,16H2,1-2H3. The summed E-state index contributed by atoms with van der Waals surface area (Å²) < 4.78 is 17.8. The molecule has 0 atom stereocenters. The Bertz CT molecular complexity index is 1470. The van der Waals surface area contributed by atoms with Crippen molar-refractivity contribution in [2.24, 2.45) is 0 Å². The molecule has 0 amide bonds. The van der Waals surface area contributed by atoms with Gasteiger partial charge in [0, 0.05) is 11.1 Å². The van der Waals surface area contributed by atoms with Crippen LogP contribution in [0.15, 0.2) is 77.3 Å². The summed E-state index contributed by atoms with van der Waals surface area (Å²) >= 11 is 3.51. The van der Waals surface area contributed by atoms with E-state index in [-0.39, 0.29) is 23.6 Å². The first-order valence-corrected chi connectivity index (χ1v) is 11.5. The number of methoxy groups -OCH3 is 2. The van der Waals surface area contributed by atoms with Crippen LogP contribution in [0.5, 0.6) is 5.75 Å². The third-order valence-electron chi connectivity index (χ3n) is 5.38. The Kier molecular flexibility index (Phi) is 7.47. The molecule has 0 spiro atoms. The number of aromatic nitrogens is 2. The Balaban J connectivity index is 1.77. The number of nitriles is 1. The number of esters is 2. The molecule has 0 unspecified atom stereocenters. The van der Waals surface area contributed by atoms with Crippen LogP contribution in [0.2, 0.25) is 0 Å². The molecule has 4 aromatic rings. The van der Waals surface area contributed by atoms with Crippen LogP contribution in [0.25, 0.3) is 16.9 Å². The summed E-state index contributed by atoms with van der Waals surface area (Å²) in [6, 6.07) is 23.5. The van der Waals surface area contributed by atoms with Gasteiger partial charge >= 0.3 is 11.9 Å². The lowest BCUT2D eigenvalue weighted by atomic mass is 10.1. The molecular weight excluding hydrogens is 526 g/mol. The average Bonchev–Trinajstić information content (AvgIpc) is 3.33. The fourth-order valence-corrected chi connectivity index (χ4v) is 4.13. The van der Waals surface area contributed by atoms with E-state index < -0.39 is 11.9 Å². The maximum Gasteiger partial charge on any atom is 0.357 e. The Morgan fingerprint density at radius 3 is 2.33 bits per heavy atom. The second-order valence-corrected chi connectivity index (χ2v) is 8.36. The van der Waals surface area contributed by atoms with Crippen molar-refractivity contribution in [2.75, 3.05) is 14.2 Å². The molecule has 0 saturated heterocycles. The van der Waals surface area contributed by atoms with Crippen molar-refractivity contribution in [1.82, 2.24) is 9.78 Å². The molecule has 3 aromatic carbocycles. The van der Waals surface area contributed by atoms with Gasteiger partial charge in [0.25, 0.3) is 0 Å². The largest absolute Gasteiger partial charge is 0.488 e. The monoisotopic (exact) mass is 545 g/mol. The van der Waals surface area contributed by atoms with Crippen molar-refractivity contribution in [1.29, 1.82) is 5.26 Å². The van der Waals surface area contributed by atoms with Crippen molar-refractivity contribution < 1.29 is 23.8 Å². The number of hydrogen-bond acceptors (Lipinski definition) is 7. The van der Waals surface area contributed by atoms with Crippen molar-refractivity contribution >= 4 is 27.9 Å². The van der Waals surface area contributed by atoms with Gasteiger partial charge in [-0.25, -0.2) is 14.3 Å². The van der Waals surface area contributed by atoms with Crippen molar-refractivity contribution in [3.8, 4) is 28.8 Å². The molecule has 8 nitrogen and oxygen atoms in total. The van der Waals surface area contributed by atoms with E-state index in [1.807, 2.05) is 18.2 Å². The highest BCUT2D eigenvalue weighted by Gasteiger charge is 2.31. The van der Waals surface area contributed by atoms with Crippen LogP contribution >= 0.6 is 15.9 Å². The Morgan fingerprint density at radius 2 is 1.67 bits per heavy atom. The topological polar surface area (TPSA) is 103 Å². The first-order valence-electron chi connectivity index (χ1n) is 10.7. The molecule has 4 rings (SSSR count). The fourth-order valence-electron chi connectivity index (χ4n) is 3.63. The summed E-state index contributed by atoms with van der Waals surface area (Å²) in [5.41, 5.74) is 2.60. The van der Waals surface area contributed by atoms with E-state index in [2.05, 4.69) is 27.1 Å². The molecule has 9 heteroatoms. The highest BCUT2D eigenvalue weighted by atomic mass is 79.9. The van der Waals surface area contributed by atoms with Gasteiger partial charge in [-0.3, -0.25) is 0 Å². The lowest BCUT2D eigenvalue weighted by molar-refractivity contribution is 0.0549. The van der Waals surface area contributed by atoms with Gasteiger partial charge in [0.15, 0.2) is 5.69 Å². The summed E-state index contributed by atoms with van der Waals surface area (Å²) in [5.74, 6) is -0.924.